The number of carbonyl (C=O) groups excluding carboxylic acids is 1. The lowest BCUT2D eigenvalue weighted by Crippen LogP contribution is -2.36. The van der Waals surface area contributed by atoms with Crippen LogP contribution in [0.2, 0.25) is 0 Å². The maximum absolute atomic E-state index is 13.0. The fourth-order valence-electron chi connectivity index (χ4n) is 3.80. The fraction of sp³-hybridized carbons (Fsp3) is 0.320. The number of nitrogens with one attached hydrogen (secondary N) is 1. The summed E-state index contributed by atoms with van der Waals surface area (Å²) in [5.74, 6) is -0.135. The maximum atomic E-state index is 13.0. The van der Waals surface area contributed by atoms with Crippen molar-refractivity contribution in [1.29, 1.82) is 0 Å². The lowest BCUT2D eigenvalue weighted by molar-refractivity contribution is -0.137. The second-order valence-electron chi connectivity index (χ2n) is 7.97. The molecule has 0 unspecified atom stereocenters. The van der Waals surface area contributed by atoms with E-state index in [4.69, 9.17) is 9.47 Å². The normalized spacial score (nSPS) is 14.0. The Morgan fingerprint density at radius 1 is 1.14 bits per heavy atom. The van der Waals surface area contributed by atoms with Gasteiger partial charge >= 0.3 is 6.18 Å². The van der Waals surface area contributed by atoms with Gasteiger partial charge in [-0.1, -0.05) is 6.07 Å². The number of benzene rings is 1. The van der Waals surface area contributed by atoms with Crippen LogP contribution in [-0.2, 0) is 10.9 Å². The third kappa shape index (κ3) is 5.71. The van der Waals surface area contributed by atoms with E-state index < -0.39 is 17.6 Å². The number of hydrogen-bond donors (Lipinski definition) is 1. The summed E-state index contributed by atoms with van der Waals surface area (Å²) in [4.78, 5) is 23.7. The Kier molecular flexibility index (Phi) is 7.20. The molecule has 184 valence electrons. The summed E-state index contributed by atoms with van der Waals surface area (Å²) >= 11 is 0. The maximum Gasteiger partial charge on any atom is 0.416 e. The highest BCUT2D eigenvalue weighted by atomic mass is 19.4. The smallest absolute Gasteiger partial charge is 0.416 e. The molecule has 0 saturated carbocycles. The minimum atomic E-state index is -4.53. The number of aryl methyl sites for hydroxylation is 1. The van der Waals surface area contributed by atoms with Gasteiger partial charge in [0, 0.05) is 41.7 Å². The van der Waals surface area contributed by atoms with Crippen molar-refractivity contribution in [3.8, 4) is 17.0 Å². The zero-order chi connectivity index (χ0) is 25.0. The summed E-state index contributed by atoms with van der Waals surface area (Å²) in [6.07, 6.45) is -1.39. The number of amides is 1. The van der Waals surface area contributed by atoms with E-state index in [-0.39, 0.29) is 5.56 Å². The number of halogens is 3. The van der Waals surface area contributed by atoms with Crippen LogP contribution >= 0.6 is 0 Å². The number of rotatable bonds is 6. The average molecular weight is 486 g/mol. The summed E-state index contributed by atoms with van der Waals surface area (Å²) in [7, 11) is 0. The van der Waals surface area contributed by atoms with E-state index in [1.54, 1.807) is 12.3 Å². The molecule has 1 aliphatic heterocycles. The van der Waals surface area contributed by atoms with Gasteiger partial charge in [-0.3, -0.25) is 9.78 Å². The Labute approximate surface area is 200 Å². The lowest BCUT2D eigenvalue weighted by Gasteiger charge is -2.30. The highest BCUT2D eigenvalue weighted by Crippen LogP contribution is 2.34. The van der Waals surface area contributed by atoms with Crippen LogP contribution in [0.5, 0.6) is 5.88 Å². The van der Waals surface area contributed by atoms with Crippen molar-refractivity contribution in [3.63, 3.8) is 0 Å². The Hall–Kier alpha value is -3.66. The minimum absolute atomic E-state index is 0.0979. The third-order valence-corrected chi connectivity index (χ3v) is 5.57. The van der Waals surface area contributed by atoms with Crippen LogP contribution < -0.4 is 15.0 Å². The van der Waals surface area contributed by atoms with Gasteiger partial charge in [0.25, 0.3) is 5.91 Å². The molecule has 4 rings (SSSR count). The summed E-state index contributed by atoms with van der Waals surface area (Å²) in [6, 6.07) is 7.98. The van der Waals surface area contributed by atoms with Gasteiger partial charge in [0.1, 0.15) is 5.69 Å². The second kappa shape index (κ2) is 10.3. The molecule has 1 aliphatic rings. The van der Waals surface area contributed by atoms with E-state index in [1.807, 2.05) is 19.9 Å². The number of anilines is 2. The Bertz CT molecular complexity index is 1210. The first kappa shape index (κ1) is 24.5. The van der Waals surface area contributed by atoms with Crippen molar-refractivity contribution < 1.29 is 27.4 Å². The van der Waals surface area contributed by atoms with Crippen molar-refractivity contribution in [2.75, 3.05) is 43.1 Å². The second-order valence-corrected chi connectivity index (χ2v) is 7.97. The third-order valence-electron chi connectivity index (χ3n) is 5.57. The number of nitrogens with zero attached hydrogens (tertiary/aromatic N) is 3. The largest absolute Gasteiger partial charge is 0.476 e. The van der Waals surface area contributed by atoms with E-state index in [1.165, 1.54) is 18.3 Å². The van der Waals surface area contributed by atoms with E-state index in [0.29, 0.717) is 50.2 Å². The number of carbonyl (C=O) groups is 1. The van der Waals surface area contributed by atoms with Gasteiger partial charge in [0.05, 0.1) is 37.3 Å². The SMILES string of the molecule is CCOc1ncc(-c2cc(NC(=O)c3cccc(C(F)(F)F)c3)cnc2C)cc1N1CCOCC1. The fourth-order valence-corrected chi connectivity index (χ4v) is 3.80. The van der Waals surface area contributed by atoms with Crippen molar-refractivity contribution in [3.05, 3.63) is 65.6 Å². The lowest BCUT2D eigenvalue weighted by atomic mass is 10.0. The Balaban J connectivity index is 1.63. The van der Waals surface area contributed by atoms with E-state index in [0.717, 1.165) is 28.9 Å². The number of morpholine rings is 1. The molecule has 1 saturated heterocycles. The summed E-state index contributed by atoms with van der Waals surface area (Å²) in [6.45, 7) is 6.81. The number of hydrogen-bond acceptors (Lipinski definition) is 6. The van der Waals surface area contributed by atoms with Gasteiger partial charge < -0.3 is 19.7 Å². The van der Waals surface area contributed by atoms with Gasteiger partial charge in [-0.15, -0.1) is 0 Å². The first-order valence-corrected chi connectivity index (χ1v) is 11.2. The zero-order valence-electron chi connectivity index (χ0n) is 19.4. The van der Waals surface area contributed by atoms with Gasteiger partial charge in [0.15, 0.2) is 0 Å². The molecular weight excluding hydrogens is 461 g/mol. The van der Waals surface area contributed by atoms with Crippen LogP contribution in [-0.4, -0.2) is 48.8 Å². The zero-order valence-corrected chi connectivity index (χ0v) is 19.4. The molecule has 1 fully saturated rings. The van der Waals surface area contributed by atoms with Crippen LogP contribution in [0.1, 0.15) is 28.5 Å². The standard InChI is InChI=1S/C25H25F3N4O3/c1-3-35-24-22(32-7-9-34-10-8-32)12-18(14-30-24)21-13-20(15-29-16(21)2)31-23(33)17-5-4-6-19(11-17)25(26,27)28/h4-6,11-15H,3,7-10H2,1-2H3,(H,31,33). The number of pyridine rings is 2. The quantitative estimate of drug-likeness (QED) is 0.531. The topological polar surface area (TPSA) is 76.6 Å². The molecule has 1 N–H and O–H groups in total. The van der Waals surface area contributed by atoms with Gasteiger partial charge in [-0.05, 0) is 44.2 Å². The molecule has 0 bridgehead atoms. The molecule has 0 radical (unpaired) electrons. The van der Waals surface area contributed by atoms with Gasteiger partial charge in [-0.25, -0.2) is 4.98 Å². The molecule has 0 atom stereocenters. The Morgan fingerprint density at radius 3 is 2.63 bits per heavy atom. The number of aromatic nitrogens is 2. The molecule has 7 nitrogen and oxygen atoms in total. The van der Waals surface area contributed by atoms with Gasteiger partial charge in [-0.2, -0.15) is 13.2 Å². The van der Waals surface area contributed by atoms with Crippen molar-refractivity contribution in [2.45, 2.75) is 20.0 Å². The van der Waals surface area contributed by atoms with Crippen molar-refractivity contribution in [1.82, 2.24) is 9.97 Å². The van der Waals surface area contributed by atoms with E-state index in [2.05, 4.69) is 20.2 Å². The minimum Gasteiger partial charge on any atom is -0.476 e. The van der Waals surface area contributed by atoms with E-state index in [9.17, 15) is 18.0 Å². The molecule has 1 amide bonds. The molecule has 3 heterocycles. The monoisotopic (exact) mass is 486 g/mol. The van der Waals surface area contributed by atoms with Crippen LogP contribution in [0.15, 0.2) is 48.8 Å². The molecule has 35 heavy (non-hydrogen) atoms. The highest BCUT2D eigenvalue weighted by Gasteiger charge is 2.31. The predicted octanol–water partition coefficient (Wildman–Crippen LogP) is 4.96. The number of alkyl halides is 3. The predicted molar refractivity (Wildman–Crippen MR) is 126 cm³/mol. The van der Waals surface area contributed by atoms with Crippen LogP contribution in [0.3, 0.4) is 0 Å². The highest BCUT2D eigenvalue weighted by molar-refractivity contribution is 6.04. The molecule has 3 aromatic rings. The Morgan fingerprint density at radius 2 is 1.91 bits per heavy atom. The molecule has 10 heteroatoms. The van der Waals surface area contributed by atoms with Gasteiger partial charge in [0.2, 0.25) is 5.88 Å². The van der Waals surface area contributed by atoms with Crippen LogP contribution in [0.4, 0.5) is 24.5 Å². The first-order chi connectivity index (χ1) is 16.8. The molecule has 2 aromatic heterocycles. The molecular formula is C25H25F3N4O3. The molecule has 0 spiro atoms. The average Bonchev–Trinajstić information content (AvgIpc) is 2.86. The molecule has 0 aliphatic carbocycles. The van der Waals surface area contributed by atoms with E-state index >= 15 is 0 Å². The number of ether oxygens (including phenoxy) is 2. The summed E-state index contributed by atoms with van der Waals surface area (Å²) < 4.78 is 50.2. The van der Waals surface area contributed by atoms with Crippen LogP contribution in [0.25, 0.3) is 11.1 Å². The summed E-state index contributed by atoms with van der Waals surface area (Å²) in [5.41, 5.74) is 2.43. The van der Waals surface area contributed by atoms with Crippen molar-refractivity contribution in [2.24, 2.45) is 0 Å². The summed E-state index contributed by atoms with van der Waals surface area (Å²) in [5, 5.41) is 2.64. The van der Waals surface area contributed by atoms with Crippen molar-refractivity contribution >= 4 is 17.3 Å². The first-order valence-electron chi connectivity index (χ1n) is 11.2. The van der Waals surface area contributed by atoms with Crippen LogP contribution in [0, 0.1) is 6.92 Å². The molecule has 1 aromatic carbocycles.